The van der Waals surface area contributed by atoms with Crippen LogP contribution in [0.1, 0.15) is 48.4 Å². The normalized spacial score (nSPS) is 19.0. The minimum atomic E-state index is -3.32. The van der Waals surface area contributed by atoms with Crippen LogP contribution in [0.15, 0.2) is 27.7 Å². The quantitative estimate of drug-likeness (QED) is 0.625. The van der Waals surface area contributed by atoms with Crippen LogP contribution in [-0.4, -0.2) is 44.1 Å². The molecule has 0 bridgehead atoms. The average molecular weight is 476 g/mol. The molecule has 1 fully saturated rings. The maximum absolute atomic E-state index is 14.1. The van der Waals surface area contributed by atoms with Crippen LogP contribution in [0.25, 0.3) is 0 Å². The highest BCUT2D eigenvalue weighted by Crippen LogP contribution is 2.52. The number of hydrogen-bond donors (Lipinski definition) is 1. The number of carbonyl (C=O) groups excluding carboxylic acids is 1. The molecule has 1 N–H and O–H groups in total. The molecule has 1 aliphatic carbocycles. The summed E-state index contributed by atoms with van der Waals surface area (Å²) in [6.45, 7) is 3.50. The lowest BCUT2D eigenvalue weighted by Crippen LogP contribution is -2.47. The molecule has 0 aromatic carbocycles. The smallest absolute Gasteiger partial charge is 0.289 e. The third-order valence-electron chi connectivity index (χ3n) is 5.45. The zero-order valence-electron chi connectivity index (χ0n) is 18.4. The first kappa shape index (κ1) is 24.1. The first-order valence-corrected chi connectivity index (χ1v) is 11.7. The second-order valence-electron chi connectivity index (χ2n) is 8.71. The Balaban J connectivity index is 1.98. The third-order valence-corrected chi connectivity index (χ3v) is 7.15. The van der Waals surface area contributed by atoms with Crippen molar-refractivity contribution in [2.75, 3.05) is 18.6 Å². The van der Waals surface area contributed by atoms with Gasteiger partial charge in [-0.05, 0) is 24.5 Å². The van der Waals surface area contributed by atoms with Crippen molar-refractivity contribution >= 4 is 21.3 Å². The van der Waals surface area contributed by atoms with Gasteiger partial charge in [-0.3, -0.25) is 9.48 Å². The fraction of sp³-hybridized carbons (Fsp3) is 0.550. The van der Waals surface area contributed by atoms with Crippen molar-refractivity contribution in [2.24, 2.45) is 9.78 Å². The van der Waals surface area contributed by atoms with Crippen LogP contribution in [0.5, 0.6) is 0 Å². The fourth-order valence-electron chi connectivity index (χ4n) is 4.02. The van der Waals surface area contributed by atoms with Gasteiger partial charge in [0.2, 0.25) is 5.92 Å². The van der Waals surface area contributed by atoms with Gasteiger partial charge in [-0.25, -0.2) is 22.3 Å². The van der Waals surface area contributed by atoms with E-state index in [0.29, 0.717) is 6.92 Å². The number of nitrogens with one attached hydrogen (secondary N) is 1. The van der Waals surface area contributed by atoms with Crippen LogP contribution in [0.3, 0.4) is 0 Å². The summed E-state index contributed by atoms with van der Waals surface area (Å²) in [7, 11) is -1.38. The largest absolute Gasteiger partial charge is 0.321 e. The van der Waals surface area contributed by atoms with Gasteiger partial charge in [0.25, 0.3) is 11.8 Å². The summed E-state index contributed by atoms with van der Waals surface area (Å²) in [5, 5.41) is 6.64. The van der Waals surface area contributed by atoms with Gasteiger partial charge in [-0.15, -0.1) is 0 Å². The lowest BCUT2D eigenvalue weighted by molar-refractivity contribution is -0.160. The van der Waals surface area contributed by atoms with E-state index in [1.54, 1.807) is 6.92 Å². The first-order chi connectivity index (χ1) is 14.6. The van der Waals surface area contributed by atoms with E-state index in [4.69, 9.17) is 0 Å². The summed E-state index contributed by atoms with van der Waals surface area (Å²) in [5.74, 6) is -6.88. The molecular formula is C20H25F4N5O2S. The van der Waals surface area contributed by atoms with Crippen molar-refractivity contribution in [1.29, 1.82) is 0 Å². The van der Waals surface area contributed by atoms with Crippen molar-refractivity contribution in [1.82, 2.24) is 14.8 Å². The van der Waals surface area contributed by atoms with Gasteiger partial charge in [0, 0.05) is 57.1 Å². The van der Waals surface area contributed by atoms with E-state index in [2.05, 4.69) is 19.8 Å². The molecule has 0 radical (unpaired) electrons. The highest BCUT2D eigenvalue weighted by atomic mass is 32.2. The summed E-state index contributed by atoms with van der Waals surface area (Å²) in [6.07, 6.45) is 1.89. The van der Waals surface area contributed by atoms with Gasteiger partial charge in [-0.2, -0.15) is 13.9 Å². The first-order valence-electron chi connectivity index (χ1n) is 9.78. The predicted octanol–water partition coefficient (Wildman–Crippen LogP) is 4.47. The van der Waals surface area contributed by atoms with Crippen LogP contribution < -0.4 is 5.32 Å². The number of amides is 1. The number of pyridine rings is 1. The van der Waals surface area contributed by atoms with Gasteiger partial charge >= 0.3 is 0 Å². The molecule has 0 saturated heterocycles. The van der Waals surface area contributed by atoms with E-state index in [1.807, 2.05) is 0 Å². The number of carbonyl (C=O) groups is 1. The van der Waals surface area contributed by atoms with E-state index in [1.165, 1.54) is 38.6 Å². The number of aromatic nitrogens is 3. The SMILES string of the molecule is CN=[S@](C)(=O)c1cc(NC(=O)c2c(C)c(C(C)(F)F)nn2CC2(C)CC(F)(F)C2)ccn1. The van der Waals surface area contributed by atoms with Crippen molar-refractivity contribution in [2.45, 2.75) is 57.0 Å². The molecule has 2 heterocycles. The van der Waals surface area contributed by atoms with Crippen LogP contribution in [0, 0.1) is 12.3 Å². The standard InChI is InChI=1S/C20H25F4N5O2S/c1-12-15(17(30)27-13-6-7-26-14(8-13)32(5,31)25-4)29(28-16(12)19(3,21)22)11-18(2)9-20(23,24)10-18/h6-8H,9-11H2,1-5H3,(H,26,27,30)/t32-/m1/s1. The lowest BCUT2D eigenvalue weighted by atomic mass is 9.67. The molecule has 12 heteroatoms. The molecule has 0 spiro atoms. The molecule has 2 aromatic rings. The number of hydrogen-bond acceptors (Lipinski definition) is 5. The Morgan fingerprint density at radius 1 is 1.38 bits per heavy atom. The molecule has 0 aliphatic heterocycles. The fourth-order valence-corrected chi connectivity index (χ4v) is 4.81. The average Bonchev–Trinajstić information content (AvgIpc) is 2.96. The Morgan fingerprint density at radius 3 is 2.53 bits per heavy atom. The molecule has 176 valence electrons. The van der Waals surface area contributed by atoms with Crippen molar-refractivity contribution in [3.8, 4) is 0 Å². The van der Waals surface area contributed by atoms with Crippen LogP contribution in [0.4, 0.5) is 23.2 Å². The van der Waals surface area contributed by atoms with Crippen molar-refractivity contribution in [3.05, 3.63) is 35.3 Å². The number of halogens is 4. The van der Waals surface area contributed by atoms with Gasteiger partial charge in [0.1, 0.15) is 16.4 Å². The van der Waals surface area contributed by atoms with Gasteiger partial charge < -0.3 is 5.32 Å². The third kappa shape index (κ3) is 4.79. The Bertz CT molecular complexity index is 1170. The van der Waals surface area contributed by atoms with Gasteiger partial charge in [-0.1, -0.05) is 6.92 Å². The van der Waals surface area contributed by atoms with E-state index in [9.17, 15) is 26.6 Å². The molecule has 7 nitrogen and oxygen atoms in total. The molecular weight excluding hydrogens is 450 g/mol. The zero-order chi connectivity index (χ0) is 24.1. The Morgan fingerprint density at radius 2 is 2.00 bits per heavy atom. The number of anilines is 1. The van der Waals surface area contributed by atoms with E-state index < -0.39 is 51.4 Å². The highest BCUT2D eigenvalue weighted by molar-refractivity contribution is 7.92. The van der Waals surface area contributed by atoms with Crippen molar-refractivity contribution in [3.63, 3.8) is 0 Å². The van der Waals surface area contributed by atoms with Crippen LogP contribution in [0.2, 0.25) is 0 Å². The van der Waals surface area contributed by atoms with Gasteiger partial charge in [0.15, 0.2) is 0 Å². The summed E-state index contributed by atoms with van der Waals surface area (Å²) in [5.41, 5.74) is -1.42. The minimum absolute atomic E-state index is 0.0400. The zero-order valence-corrected chi connectivity index (χ0v) is 19.2. The summed E-state index contributed by atoms with van der Waals surface area (Å²) >= 11 is 0. The second-order valence-corrected chi connectivity index (χ2v) is 11.1. The summed E-state index contributed by atoms with van der Waals surface area (Å²) in [4.78, 5) is 17.1. The molecule has 2 aromatic heterocycles. The monoisotopic (exact) mass is 475 g/mol. The number of nitrogens with zero attached hydrogens (tertiary/aromatic N) is 4. The lowest BCUT2D eigenvalue weighted by Gasteiger charge is -2.44. The summed E-state index contributed by atoms with van der Waals surface area (Å²) in [6, 6.07) is 2.83. The predicted molar refractivity (Wildman–Crippen MR) is 112 cm³/mol. The molecule has 1 aliphatic rings. The van der Waals surface area contributed by atoms with E-state index in [-0.39, 0.29) is 28.5 Å². The minimum Gasteiger partial charge on any atom is -0.321 e. The Kier molecular flexibility index (Phi) is 5.90. The number of rotatable bonds is 6. The van der Waals surface area contributed by atoms with Crippen molar-refractivity contribution < 1.29 is 26.6 Å². The second kappa shape index (κ2) is 7.82. The maximum atomic E-state index is 14.1. The maximum Gasteiger partial charge on any atom is 0.289 e. The topological polar surface area (TPSA) is 89.2 Å². The molecule has 0 unspecified atom stereocenters. The highest BCUT2D eigenvalue weighted by Gasteiger charge is 2.54. The van der Waals surface area contributed by atoms with Crippen LogP contribution in [-0.2, 0) is 22.2 Å². The van der Waals surface area contributed by atoms with Crippen LogP contribution >= 0.6 is 0 Å². The number of alkyl halides is 4. The van der Waals surface area contributed by atoms with Gasteiger partial charge in [0.05, 0.1) is 9.73 Å². The molecule has 3 rings (SSSR count). The molecule has 1 amide bonds. The summed E-state index contributed by atoms with van der Waals surface area (Å²) < 4.78 is 72.4. The Labute approximate surface area is 183 Å². The Hall–Kier alpha value is -2.50. The van der Waals surface area contributed by atoms with E-state index in [0.717, 1.165) is 4.68 Å². The molecule has 1 saturated carbocycles. The van der Waals surface area contributed by atoms with E-state index >= 15 is 0 Å². The molecule has 32 heavy (non-hydrogen) atoms. The molecule has 1 atom stereocenters.